The van der Waals surface area contributed by atoms with E-state index >= 15 is 0 Å². The number of ether oxygens (including phenoxy) is 1. The van der Waals surface area contributed by atoms with Gasteiger partial charge in [-0.3, -0.25) is 19.3 Å². The number of hydrogen-bond donors (Lipinski definition) is 4. The predicted molar refractivity (Wildman–Crippen MR) is 179 cm³/mol. The van der Waals surface area contributed by atoms with Crippen molar-refractivity contribution in [1.29, 1.82) is 0 Å². The number of nitrogens with one attached hydrogen (secondary N) is 3. The maximum absolute atomic E-state index is 14.2. The van der Waals surface area contributed by atoms with E-state index in [4.69, 9.17) is 4.74 Å². The van der Waals surface area contributed by atoms with E-state index < -0.39 is 35.9 Å². The van der Waals surface area contributed by atoms with Gasteiger partial charge in [0, 0.05) is 13.2 Å². The third-order valence-electron chi connectivity index (χ3n) is 8.42. The maximum atomic E-state index is 14.2. The monoisotopic (exact) mass is 628 g/mol. The summed E-state index contributed by atoms with van der Waals surface area (Å²) in [4.78, 5) is 43.3. The number of aliphatic hydroxyl groups excluding tert-OH is 1. The van der Waals surface area contributed by atoms with E-state index in [0.29, 0.717) is 12.4 Å². The number of carbonyl (C=O) groups is 3. The quantitative estimate of drug-likeness (QED) is 0.204. The summed E-state index contributed by atoms with van der Waals surface area (Å²) in [6.45, 7) is 9.79. The summed E-state index contributed by atoms with van der Waals surface area (Å²) in [5.74, 6) is -0.654. The van der Waals surface area contributed by atoms with Crippen molar-refractivity contribution >= 4 is 17.6 Å². The van der Waals surface area contributed by atoms with Crippen molar-refractivity contribution in [3.8, 4) is 5.75 Å². The van der Waals surface area contributed by atoms with Gasteiger partial charge in [0.05, 0.1) is 18.1 Å². The number of Topliss-reactive ketones (excluding diaryl/α,β-unsaturated/α-hetero) is 1. The van der Waals surface area contributed by atoms with Crippen LogP contribution in [-0.4, -0.2) is 78.2 Å². The van der Waals surface area contributed by atoms with Crippen LogP contribution in [0.15, 0.2) is 78.9 Å². The van der Waals surface area contributed by atoms with Crippen LogP contribution in [0.4, 0.5) is 0 Å². The lowest BCUT2D eigenvalue weighted by Gasteiger charge is -2.37. The third-order valence-corrected chi connectivity index (χ3v) is 8.42. The Bertz CT molecular complexity index is 1410. The Morgan fingerprint density at radius 2 is 1.48 bits per heavy atom. The van der Waals surface area contributed by atoms with E-state index in [1.54, 1.807) is 0 Å². The first-order valence-electron chi connectivity index (χ1n) is 16.2. The molecule has 1 saturated heterocycles. The minimum Gasteiger partial charge on any atom is -0.483 e. The second-order valence-electron chi connectivity index (χ2n) is 12.5. The minimum absolute atomic E-state index is 0.000642. The van der Waals surface area contributed by atoms with Crippen LogP contribution in [0.3, 0.4) is 0 Å². The summed E-state index contributed by atoms with van der Waals surface area (Å²) in [7, 11) is 0. The first-order valence-corrected chi connectivity index (χ1v) is 16.2. The molecule has 1 heterocycles. The van der Waals surface area contributed by atoms with Crippen molar-refractivity contribution in [1.82, 2.24) is 20.9 Å². The van der Waals surface area contributed by atoms with Crippen molar-refractivity contribution in [3.63, 3.8) is 0 Å². The van der Waals surface area contributed by atoms with Gasteiger partial charge in [-0.1, -0.05) is 92.7 Å². The van der Waals surface area contributed by atoms with Gasteiger partial charge in [0.15, 0.2) is 12.4 Å². The number of hydrogen-bond acceptors (Lipinski definition) is 7. The molecular weight excluding hydrogens is 580 g/mol. The van der Waals surface area contributed by atoms with Crippen molar-refractivity contribution in [3.05, 3.63) is 101 Å². The molecule has 4 rings (SSSR count). The van der Waals surface area contributed by atoms with Crippen molar-refractivity contribution in [2.24, 2.45) is 5.92 Å². The summed E-state index contributed by atoms with van der Waals surface area (Å²) in [5.41, 5.74) is 3.50. The molecule has 2 amide bonds. The first-order chi connectivity index (χ1) is 22.1. The number of benzene rings is 3. The topological polar surface area (TPSA) is 120 Å². The van der Waals surface area contributed by atoms with Gasteiger partial charge in [0.25, 0.3) is 5.91 Å². The average molecular weight is 629 g/mol. The van der Waals surface area contributed by atoms with Crippen LogP contribution >= 0.6 is 0 Å². The highest BCUT2D eigenvalue weighted by molar-refractivity contribution is 5.94. The highest BCUT2D eigenvalue weighted by Gasteiger charge is 2.37. The maximum Gasteiger partial charge on any atom is 0.258 e. The fraction of sp³-hybridized carbons (Fsp3) is 0.432. The number of nitrogens with zero attached hydrogens (tertiary/aromatic N) is 1. The number of aliphatic hydroxyl groups is 1. The van der Waals surface area contributed by atoms with Crippen LogP contribution in [0.25, 0.3) is 0 Å². The lowest BCUT2D eigenvalue weighted by Crippen LogP contribution is -2.60. The van der Waals surface area contributed by atoms with Gasteiger partial charge in [-0.15, -0.1) is 0 Å². The van der Waals surface area contributed by atoms with Gasteiger partial charge in [-0.25, -0.2) is 0 Å². The molecule has 0 saturated carbocycles. The van der Waals surface area contributed by atoms with Crippen molar-refractivity contribution < 1.29 is 24.2 Å². The van der Waals surface area contributed by atoms with Crippen LogP contribution in [0, 0.1) is 19.8 Å². The number of ketones is 1. The predicted octanol–water partition coefficient (Wildman–Crippen LogP) is 3.34. The lowest BCUT2D eigenvalue weighted by molar-refractivity contribution is -0.137. The second-order valence-corrected chi connectivity index (χ2v) is 12.5. The smallest absolute Gasteiger partial charge is 0.258 e. The molecule has 0 bridgehead atoms. The molecule has 3 aromatic carbocycles. The molecule has 1 aliphatic heterocycles. The molecule has 46 heavy (non-hydrogen) atoms. The summed E-state index contributed by atoms with van der Waals surface area (Å²) < 4.78 is 5.86. The van der Waals surface area contributed by atoms with Gasteiger partial charge in [0.1, 0.15) is 11.9 Å². The number of carbonyl (C=O) groups excluding carboxylic acids is 3. The van der Waals surface area contributed by atoms with E-state index in [0.717, 1.165) is 41.8 Å². The Kier molecular flexibility index (Phi) is 12.9. The lowest BCUT2D eigenvalue weighted by atomic mass is 9.91. The van der Waals surface area contributed by atoms with Gasteiger partial charge in [-0.05, 0) is 67.8 Å². The zero-order chi connectivity index (χ0) is 33.1. The molecule has 246 valence electrons. The van der Waals surface area contributed by atoms with Crippen LogP contribution in [0.1, 0.15) is 42.5 Å². The van der Waals surface area contributed by atoms with E-state index in [2.05, 4.69) is 20.9 Å². The summed E-state index contributed by atoms with van der Waals surface area (Å²) in [6.07, 6.45) is -0.251. The molecule has 1 fully saturated rings. The molecule has 0 aromatic heterocycles. The molecule has 0 radical (unpaired) electrons. The van der Waals surface area contributed by atoms with Crippen LogP contribution in [-0.2, 0) is 27.2 Å². The number of rotatable bonds is 15. The molecule has 9 heteroatoms. The molecule has 3 aromatic rings. The van der Waals surface area contributed by atoms with Gasteiger partial charge in [0.2, 0.25) is 5.91 Å². The second kappa shape index (κ2) is 17.0. The molecule has 4 atom stereocenters. The Labute approximate surface area is 272 Å². The molecule has 9 nitrogen and oxygen atoms in total. The molecule has 1 aliphatic rings. The Hall–Kier alpha value is -4.05. The Morgan fingerprint density at radius 3 is 2.04 bits per heavy atom. The highest BCUT2D eigenvalue weighted by atomic mass is 16.5. The zero-order valence-corrected chi connectivity index (χ0v) is 27.4. The number of para-hydroxylation sites is 1. The third kappa shape index (κ3) is 9.72. The standard InChI is InChI=1S/C37H48N4O5/c1-25(2)33(41-20-12-19-38-24-41)37(45)40-31(22-29-17-9-6-10-18-29)35(44)34(43)30(21-28-15-7-5-8-16-28)39-32(42)23-46-36-26(3)13-11-14-27(36)4/h5-11,13-18,25,30-31,33-34,38,43H,12,19-24H2,1-4H3,(H,39,42)(H,40,45)/t30-,31-,33-,34-/m0/s1. The van der Waals surface area contributed by atoms with Gasteiger partial charge >= 0.3 is 0 Å². The van der Waals surface area contributed by atoms with Gasteiger partial charge < -0.3 is 25.8 Å². The van der Waals surface area contributed by atoms with E-state index in [-0.39, 0.29) is 31.3 Å². The minimum atomic E-state index is -1.59. The number of amides is 2. The summed E-state index contributed by atoms with van der Waals surface area (Å²) >= 11 is 0. The fourth-order valence-corrected chi connectivity index (χ4v) is 6.09. The summed E-state index contributed by atoms with van der Waals surface area (Å²) in [5, 5.41) is 20.8. The largest absolute Gasteiger partial charge is 0.483 e. The van der Waals surface area contributed by atoms with E-state index in [1.807, 2.05) is 107 Å². The molecule has 0 aliphatic carbocycles. The average Bonchev–Trinajstić information content (AvgIpc) is 3.04. The van der Waals surface area contributed by atoms with E-state index in [9.17, 15) is 19.5 Å². The molecule has 4 N–H and O–H groups in total. The molecule has 0 unspecified atom stereocenters. The molecule has 0 spiro atoms. The van der Waals surface area contributed by atoms with Gasteiger partial charge in [-0.2, -0.15) is 0 Å². The van der Waals surface area contributed by atoms with E-state index in [1.165, 1.54) is 0 Å². The summed E-state index contributed by atoms with van der Waals surface area (Å²) in [6, 6.07) is 22.1. The van der Waals surface area contributed by atoms with Crippen molar-refractivity contribution in [2.45, 2.75) is 71.2 Å². The Balaban J connectivity index is 1.56. The highest BCUT2D eigenvalue weighted by Crippen LogP contribution is 2.22. The first kappa shape index (κ1) is 34.8. The normalized spacial score (nSPS) is 16.2. The van der Waals surface area contributed by atoms with Crippen LogP contribution in [0.2, 0.25) is 0 Å². The molecular formula is C37H48N4O5. The van der Waals surface area contributed by atoms with Crippen molar-refractivity contribution in [2.75, 3.05) is 26.4 Å². The Morgan fingerprint density at radius 1 is 0.870 bits per heavy atom. The van der Waals surface area contributed by atoms with Crippen LogP contribution in [0.5, 0.6) is 5.75 Å². The zero-order valence-electron chi connectivity index (χ0n) is 27.4. The fourth-order valence-electron chi connectivity index (χ4n) is 6.09. The van der Waals surface area contributed by atoms with Crippen LogP contribution < -0.4 is 20.7 Å². The number of aryl methyl sites for hydroxylation is 2. The SMILES string of the molecule is Cc1cccc(C)c1OCC(=O)N[C@@H](Cc1ccccc1)[C@H](O)C(=O)[C@H](Cc1ccccc1)NC(=O)[C@H](C(C)C)N1CCCNC1.